The lowest BCUT2D eigenvalue weighted by Crippen LogP contribution is -2.09. The summed E-state index contributed by atoms with van der Waals surface area (Å²) in [5, 5.41) is 1.62. The van der Waals surface area contributed by atoms with E-state index in [-0.39, 0.29) is 46.7 Å². The summed E-state index contributed by atoms with van der Waals surface area (Å²) in [4.78, 5) is 1.37. The van der Waals surface area contributed by atoms with E-state index >= 15 is 0 Å². The molecule has 0 saturated heterocycles. The third-order valence-corrected chi connectivity index (χ3v) is 11.9. The first-order valence-corrected chi connectivity index (χ1v) is 21.7. The molecule has 11 aromatic carbocycles. The zero-order chi connectivity index (χ0) is 50.3. The third-order valence-electron chi connectivity index (χ3n) is 11.9. The molecule has 0 spiro atoms. The van der Waals surface area contributed by atoms with E-state index in [0.29, 0.717) is 16.8 Å². The quantitative estimate of drug-likeness (QED) is 0.133. The van der Waals surface area contributed by atoms with Gasteiger partial charge >= 0.3 is 0 Å². The first kappa shape index (κ1) is 31.3. The van der Waals surface area contributed by atoms with E-state index in [9.17, 15) is 11.0 Å². The van der Waals surface area contributed by atoms with Gasteiger partial charge in [-0.3, -0.25) is 0 Å². The van der Waals surface area contributed by atoms with Gasteiger partial charge in [0.2, 0.25) is 0 Å². The van der Waals surface area contributed by atoms with E-state index in [1.165, 1.54) is 4.90 Å². The van der Waals surface area contributed by atoms with Gasteiger partial charge in [0.1, 0.15) is 0 Å². The highest BCUT2D eigenvalue weighted by atomic mass is 15.1. The van der Waals surface area contributed by atoms with Gasteiger partial charge in [0.05, 0.1) is 11.0 Å². The van der Waals surface area contributed by atoms with Crippen molar-refractivity contribution in [1.29, 1.82) is 0 Å². The molecule has 0 aliphatic rings. The van der Waals surface area contributed by atoms with Gasteiger partial charge in [-0.25, -0.2) is 0 Å². The van der Waals surface area contributed by atoms with Gasteiger partial charge in [-0.15, -0.1) is 0 Å². The Morgan fingerprint density at radius 1 is 0.246 bits per heavy atom. The van der Waals surface area contributed by atoms with Crippen LogP contribution < -0.4 is 4.90 Å². The van der Waals surface area contributed by atoms with Crippen molar-refractivity contribution in [3.8, 4) is 77.9 Å². The van der Waals surface area contributed by atoms with Gasteiger partial charge in [-0.2, -0.15) is 0 Å². The zero-order valence-electron chi connectivity index (χ0n) is 43.3. The second kappa shape index (κ2) is 17.7. The van der Waals surface area contributed by atoms with Gasteiger partial charge in [0.15, 0.2) is 0 Å². The molecule has 306 valence electrons. The maximum Gasteiger partial charge on any atom is 0.0645 e. The van der Waals surface area contributed by atoms with Crippen molar-refractivity contribution < 1.29 is 11.0 Å². The molecule has 0 saturated carbocycles. The molecule has 0 amide bonds. The molecule has 0 aliphatic heterocycles. The topological polar surface area (TPSA) is 3.24 Å². The van der Waals surface area contributed by atoms with Crippen LogP contribution in [0.15, 0.2) is 273 Å². The molecule has 0 N–H and O–H groups in total. The van der Waals surface area contributed by atoms with Crippen molar-refractivity contribution in [3.63, 3.8) is 0 Å². The Labute approximate surface area is 393 Å². The van der Waals surface area contributed by atoms with Crippen molar-refractivity contribution >= 4 is 27.8 Å². The molecule has 0 fully saturated rings. The fraction of sp³-hybridized carbons (Fsp3) is 0. The van der Waals surface area contributed by atoms with Crippen LogP contribution in [-0.2, 0) is 0 Å². The van der Waals surface area contributed by atoms with E-state index < -0.39 is 24.2 Å². The molecule has 0 bridgehead atoms. The minimum absolute atomic E-state index is 0.0871. The predicted molar refractivity (Wildman–Crippen MR) is 277 cm³/mol. The molecule has 11 rings (SSSR count). The molecule has 65 heavy (non-hydrogen) atoms. The largest absolute Gasteiger partial charge is 0.311 e. The number of nitrogens with zero attached hydrogens (tertiary/aromatic N) is 1. The predicted octanol–water partition coefficient (Wildman–Crippen LogP) is 18.0. The molecule has 0 aliphatic carbocycles. The number of hydrogen-bond donors (Lipinski definition) is 0. The lowest BCUT2D eigenvalue weighted by molar-refractivity contribution is 1.28. The highest BCUT2D eigenvalue weighted by Crippen LogP contribution is 2.42. The van der Waals surface area contributed by atoms with Gasteiger partial charge in [0.25, 0.3) is 0 Å². The van der Waals surface area contributed by atoms with Crippen LogP contribution in [0.3, 0.4) is 0 Å². The highest BCUT2D eigenvalue weighted by Gasteiger charge is 2.17. The molecule has 1 heteroatoms. The number of rotatable bonds is 10. The molecule has 0 atom stereocenters. The normalized spacial score (nSPS) is 12.8. The Bertz CT molecular complexity index is 3790. The van der Waals surface area contributed by atoms with Gasteiger partial charge in [-0.05, 0) is 131 Å². The summed E-state index contributed by atoms with van der Waals surface area (Å²) in [6, 6.07) is 69.3. The maximum absolute atomic E-state index is 9.88. The average molecular weight is 836 g/mol. The van der Waals surface area contributed by atoms with E-state index in [1.54, 1.807) is 12.1 Å². The summed E-state index contributed by atoms with van der Waals surface area (Å²) in [5.41, 5.74) is 10.3. The van der Waals surface area contributed by atoms with Crippen molar-refractivity contribution in [1.82, 2.24) is 0 Å². The second-order valence-corrected chi connectivity index (χ2v) is 15.8. The molecule has 11 aromatic rings. The SMILES string of the molecule is [2H]c1c([2H])c(N(c2ccc(-c3ccc(-c4ccccc4)cc3)cc2)c2c([2H])c([2H])c(-c3c(-c4ccccc4)ccc4ccccc34)c([2H])c2[2H])c([2H])c([2H])c1-c1ccc(-c2ccccc2)c(-c2ccccc2)c1. The maximum atomic E-state index is 9.88. The lowest BCUT2D eigenvalue weighted by atomic mass is 9.89. The molecule has 1 nitrogen and oxygen atoms in total. The van der Waals surface area contributed by atoms with Crippen molar-refractivity contribution in [3.05, 3.63) is 273 Å². The number of anilines is 3. The number of benzene rings is 11. The van der Waals surface area contributed by atoms with Crippen molar-refractivity contribution in [2.24, 2.45) is 0 Å². The monoisotopic (exact) mass is 835 g/mol. The molecule has 0 unspecified atom stereocenters. The van der Waals surface area contributed by atoms with Gasteiger partial charge < -0.3 is 4.90 Å². The minimum atomic E-state index is -0.411. The Hall–Kier alpha value is -8.52. The van der Waals surface area contributed by atoms with Crippen LogP contribution >= 0.6 is 0 Å². The summed E-state index contributed by atoms with van der Waals surface area (Å²) in [6.45, 7) is 0. The summed E-state index contributed by atoms with van der Waals surface area (Å²) >= 11 is 0. The van der Waals surface area contributed by atoms with Crippen LogP contribution in [0.4, 0.5) is 17.1 Å². The smallest absolute Gasteiger partial charge is 0.0645 e. The van der Waals surface area contributed by atoms with Crippen LogP contribution in [0.1, 0.15) is 11.0 Å². The summed E-state index contributed by atoms with van der Waals surface area (Å²) in [6.07, 6.45) is 0. The van der Waals surface area contributed by atoms with Crippen LogP contribution in [0.25, 0.3) is 88.7 Å². The molecular weight excluding hydrogens is 783 g/mol. The highest BCUT2D eigenvalue weighted by molar-refractivity contribution is 6.04. The fourth-order valence-corrected chi connectivity index (χ4v) is 8.59. The first-order valence-electron chi connectivity index (χ1n) is 25.7. The van der Waals surface area contributed by atoms with Crippen LogP contribution in [0, 0.1) is 0 Å². The summed E-state index contributed by atoms with van der Waals surface area (Å²) in [7, 11) is 0. The standard InChI is InChI=1S/C64H45N/c1-5-15-46(16-6-1)47-25-27-48(28-26-47)49-29-37-57(38-30-49)65(59-41-33-55(34-42-59)64-61-24-14-13-23-54(61)35-44-62(64)52-19-9-3-10-20-52)58-39-31-50(32-40-58)56-36-43-60(51-17-7-2-8-18-51)63(45-56)53-21-11-4-12-22-53/h1-45H/i31D,32D,33D,34D,39D,40D,41D,42D. The Morgan fingerprint density at radius 3 is 1.20 bits per heavy atom. The number of fused-ring (bicyclic) bond motifs is 1. The first-order chi connectivity index (χ1) is 35.6. The molecule has 0 heterocycles. The van der Waals surface area contributed by atoms with Crippen LogP contribution in [0.2, 0.25) is 0 Å². The van der Waals surface area contributed by atoms with Gasteiger partial charge in [0, 0.05) is 17.1 Å². The molecular formula is C64H45N. The summed E-state index contributed by atoms with van der Waals surface area (Å²) in [5.74, 6) is 0. The van der Waals surface area contributed by atoms with Crippen molar-refractivity contribution in [2.45, 2.75) is 0 Å². The number of hydrogen-bond acceptors (Lipinski definition) is 1. The Kier molecular flexibility index (Phi) is 8.53. The van der Waals surface area contributed by atoms with E-state index in [2.05, 4.69) is 24.3 Å². The van der Waals surface area contributed by atoms with Gasteiger partial charge in [-0.1, -0.05) is 230 Å². The fourth-order valence-electron chi connectivity index (χ4n) is 8.59. The van der Waals surface area contributed by atoms with E-state index in [4.69, 9.17) is 0 Å². The van der Waals surface area contributed by atoms with Crippen molar-refractivity contribution in [2.75, 3.05) is 4.90 Å². The zero-order valence-corrected chi connectivity index (χ0v) is 35.3. The van der Waals surface area contributed by atoms with Crippen LogP contribution in [-0.4, -0.2) is 0 Å². The Morgan fingerprint density at radius 2 is 0.646 bits per heavy atom. The second-order valence-electron chi connectivity index (χ2n) is 15.8. The lowest BCUT2D eigenvalue weighted by Gasteiger charge is -2.26. The average Bonchev–Trinajstić information content (AvgIpc) is 3.45. The molecule has 0 radical (unpaired) electrons. The van der Waals surface area contributed by atoms with Crippen LogP contribution in [0.5, 0.6) is 0 Å². The van der Waals surface area contributed by atoms with E-state index in [0.717, 1.165) is 66.4 Å². The molecule has 0 aromatic heterocycles. The third kappa shape index (κ3) is 8.04. The minimum Gasteiger partial charge on any atom is -0.311 e. The summed E-state index contributed by atoms with van der Waals surface area (Å²) < 4.78 is 78.4. The van der Waals surface area contributed by atoms with E-state index in [1.807, 2.05) is 188 Å². The Balaban J connectivity index is 1.11.